The molecule has 0 saturated carbocycles. The van der Waals surface area contributed by atoms with E-state index in [1.807, 2.05) is 19.1 Å². The molecular weight excluding hydrogens is 364 g/mol. The first-order valence-electron chi connectivity index (χ1n) is 8.47. The van der Waals surface area contributed by atoms with Crippen LogP contribution in [0.25, 0.3) is 0 Å². The number of methoxy groups -OCH3 is 1. The molecule has 1 heterocycles. The molecule has 0 radical (unpaired) electrons. The minimum Gasteiger partial charge on any atom is -0.497 e. The Labute approximate surface area is 159 Å². The highest BCUT2D eigenvalue weighted by atomic mass is 32.2. The molecule has 1 aromatic heterocycles. The molecule has 27 heavy (non-hydrogen) atoms. The number of sulfonamides is 1. The van der Waals surface area contributed by atoms with Crippen molar-refractivity contribution in [2.45, 2.75) is 32.2 Å². The highest BCUT2D eigenvalue weighted by molar-refractivity contribution is 7.92. The van der Waals surface area contributed by atoms with Gasteiger partial charge in [0.15, 0.2) is 0 Å². The molecule has 3 rings (SSSR count). The first kappa shape index (κ1) is 19.0. The van der Waals surface area contributed by atoms with Crippen molar-refractivity contribution in [3.05, 3.63) is 71.1 Å². The highest BCUT2D eigenvalue weighted by Crippen LogP contribution is 2.29. The number of hydrogen-bond acceptors (Lipinski definition) is 5. The summed E-state index contributed by atoms with van der Waals surface area (Å²) in [5.41, 5.74) is 2.64. The Balaban J connectivity index is 2.10. The zero-order valence-electron chi connectivity index (χ0n) is 15.8. The number of hydrogen-bond donors (Lipinski definition) is 0. The fourth-order valence-corrected chi connectivity index (χ4v) is 4.56. The maximum absolute atomic E-state index is 13.5. The van der Waals surface area contributed by atoms with E-state index < -0.39 is 10.0 Å². The van der Waals surface area contributed by atoms with Crippen molar-refractivity contribution >= 4 is 15.7 Å². The molecule has 0 saturated heterocycles. The van der Waals surface area contributed by atoms with E-state index in [1.165, 1.54) is 4.31 Å². The zero-order chi connectivity index (χ0) is 19.6. The van der Waals surface area contributed by atoms with Gasteiger partial charge < -0.3 is 9.26 Å². The quantitative estimate of drug-likeness (QED) is 0.640. The van der Waals surface area contributed by atoms with Gasteiger partial charge in [0, 0.05) is 6.07 Å². The standard InChI is InChI=1S/C20H22N2O4S/c1-14-5-6-15(2)20(11-14)27(23,24)22(13-17-12-16(3)26-21-17)18-7-9-19(25-4)10-8-18/h5-12H,13H2,1-4H3. The first-order valence-corrected chi connectivity index (χ1v) is 9.91. The average molecular weight is 386 g/mol. The van der Waals surface area contributed by atoms with Gasteiger partial charge in [0.1, 0.15) is 17.2 Å². The topological polar surface area (TPSA) is 72.6 Å². The van der Waals surface area contributed by atoms with Crippen LogP contribution >= 0.6 is 0 Å². The van der Waals surface area contributed by atoms with Gasteiger partial charge in [-0.25, -0.2) is 8.42 Å². The summed E-state index contributed by atoms with van der Waals surface area (Å²) >= 11 is 0. The van der Waals surface area contributed by atoms with E-state index in [9.17, 15) is 8.42 Å². The molecular formula is C20H22N2O4S. The van der Waals surface area contributed by atoms with Crippen LogP contribution in [0.2, 0.25) is 0 Å². The molecule has 7 heteroatoms. The molecule has 0 aliphatic heterocycles. The minimum absolute atomic E-state index is 0.0688. The second-order valence-electron chi connectivity index (χ2n) is 6.41. The van der Waals surface area contributed by atoms with Crippen molar-refractivity contribution in [3.8, 4) is 5.75 Å². The normalized spacial score (nSPS) is 11.4. The third-order valence-electron chi connectivity index (χ3n) is 4.25. The van der Waals surface area contributed by atoms with Crippen molar-refractivity contribution in [1.82, 2.24) is 5.16 Å². The van der Waals surface area contributed by atoms with Crippen molar-refractivity contribution in [2.75, 3.05) is 11.4 Å². The van der Waals surface area contributed by atoms with Gasteiger partial charge in [0.25, 0.3) is 10.0 Å². The molecule has 0 amide bonds. The lowest BCUT2D eigenvalue weighted by Gasteiger charge is -2.25. The molecule has 142 valence electrons. The molecule has 0 spiro atoms. The summed E-state index contributed by atoms with van der Waals surface area (Å²) in [7, 11) is -2.24. The molecule has 0 unspecified atom stereocenters. The van der Waals surface area contributed by atoms with E-state index >= 15 is 0 Å². The van der Waals surface area contributed by atoms with Gasteiger partial charge in [-0.3, -0.25) is 4.31 Å². The molecule has 0 N–H and O–H groups in total. The monoisotopic (exact) mass is 386 g/mol. The maximum Gasteiger partial charge on any atom is 0.264 e. The third kappa shape index (κ3) is 3.98. The van der Waals surface area contributed by atoms with Crippen molar-refractivity contribution in [1.29, 1.82) is 0 Å². The minimum atomic E-state index is -3.80. The van der Waals surface area contributed by atoms with Crippen molar-refractivity contribution in [3.63, 3.8) is 0 Å². The summed E-state index contributed by atoms with van der Waals surface area (Å²) < 4.78 is 38.6. The molecule has 0 bridgehead atoms. The smallest absolute Gasteiger partial charge is 0.264 e. The highest BCUT2D eigenvalue weighted by Gasteiger charge is 2.28. The molecule has 0 aliphatic carbocycles. The van der Waals surface area contributed by atoms with Crippen LogP contribution in [0.3, 0.4) is 0 Å². The van der Waals surface area contributed by atoms with Gasteiger partial charge in [-0.1, -0.05) is 17.3 Å². The Bertz CT molecular complexity index is 1040. The molecule has 0 aliphatic rings. The fourth-order valence-electron chi connectivity index (χ4n) is 2.81. The molecule has 0 atom stereocenters. The summed E-state index contributed by atoms with van der Waals surface area (Å²) in [5.74, 6) is 1.28. The van der Waals surface area contributed by atoms with Gasteiger partial charge in [0.2, 0.25) is 0 Å². The maximum atomic E-state index is 13.5. The Kier molecular flexibility index (Phi) is 5.23. The summed E-state index contributed by atoms with van der Waals surface area (Å²) in [6.45, 7) is 5.50. The van der Waals surface area contributed by atoms with Gasteiger partial charge in [-0.05, 0) is 62.2 Å². The molecule has 0 fully saturated rings. The number of anilines is 1. The van der Waals surface area contributed by atoms with Crippen LogP contribution in [0, 0.1) is 20.8 Å². The van der Waals surface area contributed by atoms with E-state index in [1.54, 1.807) is 57.4 Å². The zero-order valence-corrected chi connectivity index (χ0v) is 16.6. The SMILES string of the molecule is COc1ccc(N(Cc2cc(C)on2)S(=O)(=O)c2cc(C)ccc2C)cc1. The van der Waals surface area contributed by atoms with Crippen LogP contribution in [-0.4, -0.2) is 20.7 Å². The van der Waals surface area contributed by atoms with Crippen LogP contribution in [-0.2, 0) is 16.6 Å². The summed E-state index contributed by atoms with van der Waals surface area (Å²) in [4.78, 5) is 0.276. The lowest BCUT2D eigenvalue weighted by molar-refractivity contribution is 0.391. The number of benzene rings is 2. The number of aryl methyl sites for hydroxylation is 3. The van der Waals surface area contributed by atoms with E-state index in [2.05, 4.69) is 5.16 Å². The predicted octanol–water partition coefficient (Wildman–Crippen LogP) is 4.00. The van der Waals surface area contributed by atoms with E-state index in [4.69, 9.17) is 9.26 Å². The number of ether oxygens (including phenoxy) is 1. The molecule has 2 aromatic carbocycles. The number of rotatable bonds is 6. The summed E-state index contributed by atoms with van der Waals surface area (Å²) in [6, 6.07) is 14.0. The molecule has 3 aromatic rings. The summed E-state index contributed by atoms with van der Waals surface area (Å²) in [6.07, 6.45) is 0. The van der Waals surface area contributed by atoms with E-state index in [0.717, 1.165) is 5.56 Å². The van der Waals surface area contributed by atoms with Crippen LogP contribution in [0.15, 0.2) is 57.9 Å². The van der Waals surface area contributed by atoms with Gasteiger partial charge in [0.05, 0.1) is 24.2 Å². The van der Waals surface area contributed by atoms with Gasteiger partial charge in [-0.15, -0.1) is 0 Å². The largest absolute Gasteiger partial charge is 0.497 e. The average Bonchev–Trinajstić information content (AvgIpc) is 3.06. The first-order chi connectivity index (χ1) is 12.8. The lowest BCUT2D eigenvalue weighted by Crippen LogP contribution is -2.31. The second kappa shape index (κ2) is 7.44. The summed E-state index contributed by atoms with van der Waals surface area (Å²) in [5, 5.41) is 3.96. The Hall–Kier alpha value is -2.80. The van der Waals surface area contributed by atoms with Crippen LogP contribution in [0.5, 0.6) is 5.75 Å². The van der Waals surface area contributed by atoms with E-state index in [0.29, 0.717) is 28.5 Å². The second-order valence-corrected chi connectivity index (χ2v) is 8.24. The van der Waals surface area contributed by atoms with Gasteiger partial charge >= 0.3 is 0 Å². The number of aromatic nitrogens is 1. The van der Waals surface area contributed by atoms with Crippen LogP contribution in [0.4, 0.5) is 5.69 Å². The molecule has 6 nitrogen and oxygen atoms in total. The predicted molar refractivity (Wildman–Crippen MR) is 104 cm³/mol. The third-order valence-corrected chi connectivity index (χ3v) is 6.17. The van der Waals surface area contributed by atoms with Crippen molar-refractivity contribution in [2.24, 2.45) is 0 Å². The Morgan fingerprint density at radius 2 is 1.74 bits per heavy atom. The van der Waals surface area contributed by atoms with Crippen molar-refractivity contribution < 1.29 is 17.7 Å². The Morgan fingerprint density at radius 3 is 2.33 bits per heavy atom. The van der Waals surface area contributed by atoms with E-state index in [-0.39, 0.29) is 11.4 Å². The van der Waals surface area contributed by atoms with Gasteiger partial charge in [-0.2, -0.15) is 0 Å². The Morgan fingerprint density at radius 1 is 1.04 bits per heavy atom. The lowest BCUT2D eigenvalue weighted by atomic mass is 10.2. The number of nitrogens with zero attached hydrogens (tertiary/aromatic N) is 2. The van der Waals surface area contributed by atoms with Crippen LogP contribution in [0.1, 0.15) is 22.6 Å². The van der Waals surface area contributed by atoms with Crippen LogP contribution < -0.4 is 9.04 Å². The fraction of sp³-hybridized carbons (Fsp3) is 0.250.